The SMILES string of the molecule is CS(=O)(=O)CCC(N)C(=O)N1CCCSCC1. The maximum absolute atomic E-state index is 12.0. The quantitative estimate of drug-likeness (QED) is 0.765. The Kier molecular flexibility index (Phi) is 5.75. The van der Waals surface area contributed by atoms with Gasteiger partial charge in [-0.15, -0.1) is 0 Å². The Bertz CT molecular complexity index is 349. The topological polar surface area (TPSA) is 80.5 Å². The Morgan fingerprint density at radius 1 is 1.41 bits per heavy atom. The standard InChI is InChI=1S/C10H20N2O3S2/c1-17(14,15)8-3-9(11)10(13)12-4-2-6-16-7-5-12/h9H,2-8,11H2,1H3. The average molecular weight is 280 g/mol. The third kappa shape index (κ3) is 5.74. The lowest BCUT2D eigenvalue weighted by molar-refractivity contribution is -0.132. The van der Waals surface area contributed by atoms with Gasteiger partial charge in [-0.05, 0) is 18.6 Å². The summed E-state index contributed by atoms with van der Waals surface area (Å²) >= 11 is 1.84. The molecule has 0 aromatic carbocycles. The number of hydrogen-bond donors (Lipinski definition) is 1. The van der Waals surface area contributed by atoms with Crippen molar-refractivity contribution in [2.45, 2.75) is 18.9 Å². The van der Waals surface area contributed by atoms with Crippen LogP contribution in [0.2, 0.25) is 0 Å². The van der Waals surface area contributed by atoms with Crippen LogP contribution in [0, 0.1) is 0 Å². The van der Waals surface area contributed by atoms with Gasteiger partial charge in [-0.2, -0.15) is 11.8 Å². The number of nitrogens with two attached hydrogens (primary N) is 1. The van der Waals surface area contributed by atoms with E-state index in [1.165, 1.54) is 0 Å². The highest BCUT2D eigenvalue weighted by Gasteiger charge is 2.22. The van der Waals surface area contributed by atoms with Crippen LogP contribution in [0.25, 0.3) is 0 Å². The average Bonchev–Trinajstić information content (AvgIpc) is 2.52. The molecule has 1 fully saturated rings. The summed E-state index contributed by atoms with van der Waals surface area (Å²) in [5.41, 5.74) is 5.74. The summed E-state index contributed by atoms with van der Waals surface area (Å²) in [5.74, 6) is 1.87. The van der Waals surface area contributed by atoms with Crippen LogP contribution < -0.4 is 5.73 Å². The van der Waals surface area contributed by atoms with Gasteiger partial charge in [0.2, 0.25) is 5.91 Å². The van der Waals surface area contributed by atoms with Crippen LogP contribution in [0.5, 0.6) is 0 Å². The molecular weight excluding hydrogens is 260 g/mol. The number of hydrogen-bond acceptors (Lipinski definition) is 5. The molecular formula is C10H20N2O3S2. The first-order valence-corrected chi connectivity index (χ1v) is 8.91. The lowest BCUT2D eigenvalue weighted by Gasteiger charge is -2.23. The molecule has 100 valence electrons. The second kappa shape index (κ2) is 6.61. The Hall–Kier alpha value is -0.270. The molecule has 0 bridgehead atoms. The van der Waals surface area contributed by atoms with Crippen molar-refractivity contribution in [3.63, 3.8) is 0 Å². The highest BCUT2D eigenvalue weighted by molar-refractivity contribution is 7.99. The summed E-state index contributed by atoms with van der Waals surface area (Å²) in [6, 6.07) is -0.687. The first-order valence-electron chi connectivity index (χ1n) is 5.70. The monoisotopic (exact) mass is 280 g/mol. The first-order chi connectivity index (χ1) is 7.90. The predicted octanol–water partition coefficient (Wildman–Crippen LogP) is -0.286. The third-order valence-electron chi connectivity index (χ3n) is 2.65. The van der Waals surface area contributed by atoms with Gasteiger partial charge in [-0.25, -0.2) is 8.42 Å². The van der Waals surface area contributed by atoms with Crippen molar-refractivity contribution in [3.8, 4) is 0 Å². The summed E-state index contributed by atoms with van der Waals surface area (Å²) in [6.45, 7) is 1.45. The fourth-order valence-electron chi connectivity index (χ4n) is 1.67. The molecule has 0 spiro atoms. The number of carbonyl (C=O) groups is 1. The first kappa shape index (κ1) is 14.8. The molecule has 1 saturated heterocycles. The maximum atomic E-state index is 12.0. The number of sulfone groups is 1. The second-order valence-corrected chi connectivity index (χ2v) is 7.80. The molecule has 0 aromatic heterocycles. The molecule has 1 aliphatic heterocycles. The summed E-state index contributed by atoms with van der Waals surface area (Å²) in [5, 5.41) is 0. The summed E-state index contributed by atoms with van der Waals surface area (Å²) in [6.07, 6.45) is 2.35. The molecule has 1 unspecified atom stereocenters. The van der Waals surface area contributed by atoms with Gasteiger partial charge in [0.25, 0.3) is 0 Å². The number of nitrogens with zero attached hydrogens (tertiary/aromatic N) is 1. The Labute approximate surface area is 107 Å². The van der Waals surface area contributed by atoms with Gasteiger partial charge < -0.3 is 10.6 Å². The molecule has 1 aliphatic rings. The number of amides is 1. The summed E-state index contributed by atoms with van der Waals surface area (Å²) in [7, 11) is -3.05. The normalized spacial score (nSPS) is 19.8. The summed E-state index contributed by atoms with van der Waals surface area (Å²) < 4.78 is 22.0. The molecule has 2 N–H and O–H groups in total. The van der Waals surface area contributed by atoms with Crippen LogP contribution in [0.1, 0.15) is 12.8 Å². The van der Waals surface area contributed by atoms with E-state index in [2.05, 4.69) is 0 Å². The van der Waals surface area contributed by atoms with Crippen LogP contribution in [-0.4, -0.2) is 61.9 Å². The van der Waals surface area contributed by atoms with Crippen molar-refractivity contribution in [1.82, 2.24) is 4.90 Å². The van der Waals surface area contributed by atoms with E-state index in [1.54, 1.807) is 4.90 Å². The number of carbonyl (C=O) groups excluding carboxylic acids is 1. The minimum absolute atomic E-state index is 0.0253. The van der Waals surface area contributed by atoms with Crippen LogP contribution in [0.4, 0.5) is 0 Å². The van der Waals surface area contributed by atoms with Crippen LogP contribution in [0.3, 0.4) is 0 Å². The molecule has 1 atom stereocenters. The van der Waals surface area contributed by atoms with Crippen molar-refractivity contribution >= 4 is 27.5 Å². The molecule has 1 rings (SSSR count). The van der Waals surface area contributed by atoms with Gasteiger partial charge in [-0.1, -0.05) is 0 Å². The van der Waals surface area contributed by atoms with E-state index < -0.39 is 15.9 Å². The van der Waals surface area contributed by atoms with Gasteiger partial charge in [0.05, 0.1) is 11.8 Å². The van der Waals surface area contributed by atoms with Crippen LogP contribution >= 0.6 is 11.8 Å². The van der Waals surface area contributed by atoms with Gasteiger partial charge in [-0.3, -0.25) is 4.79 Å². The van der Waals surface area contributed by atoms with Gasteiger partial charge in [0, 0.05) is 25.1 Å². The van der Waals surface area contributed by atoms with Crippen molar-refractivity contribution in [3.05, 3.63) is 0 Å². The van der Waals surface area contributed by atoms with E-state index in [-0.39, 0.29) is 18.1 Å². The van der Waals surface area contributed by atoms with E-state index in [4.69, 9.17) is 5.73 Å². The van der Waals surface area contributed by atoms with E-state index in [0.717, 1.165) is 37.3 Å². The minimum Gasteiger partial charge on any atom is -0.340 e. The van der Waals surface area contributed by atoms with Crippen molar-refractivity contribution in [1.29, 1.82) is 0 Å². The van der Waals surface area contributed by atoms with Gasteiger partial charge in [0.15, 0.2) is 0 Å². The lowest BCUT2D eigenvalue weighted by Crippen LogP contribution is -2.45. The fourth-order valence-corrected chi connectivity index (χ4v) is 3.23. The molecule has 17 heavy (non-hydrogen) atoms. The third-order valence-corrected chi connectivity index (χ3v) is 4.68. The van der Waals surface area contributed by atoms with Crippen molar-refractivity contribution in [2.75, 3.05) is 36.6 Å². The van der Waals surface area contributed by atoms with Crippen molar-refractivity contribution in [2.24, 2.45) is 5.73 Å². The molecule has 0 aliphatic carbocycles. The lowest BCUT2D eigenvalue weighted by atomic mass is 10.2. The molecule has 1 amide bonds. The minimum atomic E-state index is -3.05. The predicted molar refractivity (Wildman–Crippen MR) is 70.8 cm³/mol. The van der Waals surface area contributed by atoms with Crippen LogP contribution in [0.15, 0.2) is 0 Å². The zero-order chi connectivity index (χ0) is 12.9. The van der Waals surface area contributed by atoms with Gasteiger partial charge in [0.1, 0.15) is 9.84 Å². The number of rotatable bonds is 4. The zero-order valence-electron chi connectivity index (χ0n) is 10.1. The Balaban J connectivity index is 2.44. The van der Waals surface area contributed by atoms with E-state index in [9.17, 15) is 13.2 Å². The van der Waals surface area contributed by atoms with Crippen molar-refractivity contribution < 1.29 is 13.2 Å². The van der Waals surface area contributed by atoms with Gasteiger partial charge >= 0.3 is 0 Å². The number of thioether (sulfide) groups is 1. The van der Waals surface area contributed by atoms with E-state index in [0.29, 0.717) is 0 Å². The molecule has 0 aromatic rings. The van der Waals surface area contributed by atoms with E-state index >= 15 is 0 Å². The second-order valence-electron chi connectivity index (χ2n) is 4.32. The maximum Gasteiger partial charge on any atom is 0.239 e. The summed E-state index contributed by atoms with van der Waals surface area (Å²) in [4.78, 5) is 13.7. The smallest absolute Gasteiger partial charge is 0.239 e. The molecule has 5 nitrogen and oxygen atoms in total. The molecule has 0 saturated carbocycles. The largest absolute Gasteiger partial charge is 0.340 e. The van der Waals surface area contributed by atoms with Crippen LogP contribution in [-0.2, 0) is 14.6 Å². The highest BCUT2D eigenvalue weighted by Crippen LogP contribution is 2.11. The molecule has 7 heteroatoms. The zero-order valence-corrected chi connectivity index (χ0v) is 11.7. The van der Waals surface area contributed by atoms with E-state index in [1.807, 2.05) is 11.8 Å². The highest BCUT2D eigenvalue weighted by atomic mass is 32.2. The Morgan fingerprint density at radius 2 is 2.12 bits per heavy atom. The Morgan fingerprint density at radius 3 is 2.76 bits per heavy atom. The molecule has 1 heterocycles. The molecule has 0 radical (unpaired) electrons. The fraction of sp³-hybridized carbons (Fsp3) is 0.900.